The van der Waals surface area contributed by atoms with E-state index in [9.17, 15) is 9.59 Å². The fourth-order valence-corrected chi connectivity index (χ4v) is 2.73. The number of hydrogen-bond acceptors (Lipinski definition) is 3. The van der Waals surface area contributed by atoms with Crippen LogP contribution in [0.25, 0.3) is 5.69 Å². The number of aryl methyl sites for hydroxylation is 1. The Kier molecular flexibility index (Phi) is 4.88. The molecule has 1 N–H and O–H groups in total. The van der Waals surface area contributed by atoms with Gasteiger partial charge in [0.05, 0.1) is 10.7 Å². The maximum atomic E-state index is 12.5. The van der Waals surface area contributed by atoms with Gasteiger partial charge < -0.3 is 5.32 Å². The molecular formula is C18H13Cl2N3O2. The van der Waals surface area contributed by atoms with Gasteiger partial charge in [0, 0.05) is 22.5 Å². The molecule has 0 aliphatic carbocycles. The zero-order valence-corrected chi connectivity index (χ0v) is 14.7. The van der Waals surface area contributed by atoms with Gasteiger partial charge in [0.15, 0.2) is 5.69 Å². The van der Waals surface area contributed by atoms with Crippen LogP contribution in [0.5, 0.6) is 0 Å². The fourth-order valence-electron chi connectivity index (χ4n) is 2.33. The maximum Gasteiger partial charge on any atom is 0.280 e. The summed E-state index contributed by atoms with van der Waals surface area (Å²) in [6, 6.07) is 15.0. The van der Waals surface area contributed by atoms with E-state index in [4.69, 9.17) is 23.2 Å². The summed E-state index contributed by atoms with van der Waals surface area (Å²) in [5, 5.41) is 7.75. The minimum Gasteiger partial charge on any atom is -0.320 e. The molecule has 126 valence electrons. The summed E-state index contributed by atoms with van der Waals surface area (Å²) in [7, 11) is 0. The molecule has 0 spiro atoms. The zero-order valence-electron chi connectivity index (χ0n) is 13.2. The largest absolute Gasteiger partial charge is 0.320 e. The van der Waals surface area contributed by atoms with Gasteiger partial charge in [-0.3, -0.25) is 9.59 Å². The van der Waals surface area contributed by atoms with E-state index in [1.165, 1.54) is 10.7 Å². The Morgan fingerprint density at radius 1 is 1.08 bits per heavy atom. The number of benzene rings is 2. The molecule has 0 aliphatic rings. The molecule has 25 heavy (non-hydrogen) atoms. The summed E-state index contributed by atoms with van der Waals surface area (Å²) in [4.78, 5) is 24.7. The predicted octanol–water partition coefficient (Wildman–Crippen LogP) is 4.10. The first-order valence-corrected chi connectivity index (χ1v) is 8.14. The second-order valence-corrected chi connectivity index (χ2v) is 6.17. The van der Waals surface area contributed by atoms with Gasteiger partial charge in [-0.25, -0.2) is 4.68 Å². The van der Waals surface area contributed by atoms with Crippen molar-refractivity contribution in [3.63, 3.8) is 0 Å². The van der Waals surface area contributed by atoms with Crippen molar-refractivity contribution in [3.05, 3.63) is 86.3 Å². The maximum absolute atomic E-state index is 12.5. The van der Waals surface area contributed by atoms with Crippen molar-refractivity contribution >= 4 is 34.8 Å². The van der Waals surface area contributed by atoms with E-state index in [1.54, 1.807) is 55.5 Å². The van der Waals surface area contributed by atoms with Crippen molar-refractivity contribution in [2.24, 2.45) is 0 Å². The number of aromatic nitrogens is 2. The van der Waals surface area contributed by atoms with Crippen LogP contribution in [0.2, 0.25) is 10.0 Å². The molecule has 1 amide bonds. The highest BCUT2D eigenvalue weighted by atomic mass is 35.5. The third-order valence-corrected chi connectivity index (χ3v) is 4.04. The number of halogens is 2. The zero-order chi connectivity index (χ0) is 18.0. The molecule has 3 aromatic rings. The van der Waals surface area contributed by atoms with Gasteiger partial charge in [0.2, 0.25) is 5.43 Å². The smallest absolute Gasteiger partial charge is 0.280 e. The second kappa shape index (κ2) is 7.09. The number of carbonyl (C=O) groups excluding carboxylic acids is 1. The van der Waals surface area contributed by atoms with Crippen molar-refractivity contribution in [1.82, 2.24) is 9.78 Å². The molecule has 0 atom stereocenters. The number of amides is 1. The Hall–Kier alpha value is -2.63. The van der Waals surface area contributed by atoms with Crippen LogP contribution in [0, 0.1) is 6.92 Å². The van der Waals surface area contributed by atoms with E-state index in [-0.39, 0.29) is 5.69 Å². The summed E-state index contributed by atoms with van der Waals surface area (Å²) in [5.41, 5.74) is 0.922. The van der Waals surface area contributed by atoms with Gasteiger partial charge in [-0.1, -0.05) is 41.4 Å². The molecule has 0 unspecified atom stereocenters. The van der Waals surface area contributed by atoms with Crippen LogP contribution in [0.3, 0.4) is 0 Å². The molecule has 0 saturated carbocycles. The second-order valence-electron chi connectivity index (χ2n) is 5.33. The molecule has 0 bridgehead atoms. The number of nitrogens with one attached hydrogen (secondary N) is 1. The van der Waals surface area contributed by atoms with Crippen molar-refractivity contribution in [2.45, 2.75) is 6.92 Å². The number of rotatable bonds is 3. The summed E-state index contributed by atoms with van der Waals surface area (Å²) in [5.74, 6) is -0.618. The molecule has 0 radical (unpaired) electrons. The molecule has 0 fully saturated rings. The Morgan fingerprint density at radius 3 is 2.56 bits per heavy atom. The first kappa shape index (κ1) is 17.2. The third kappa shape index (κ3) is 3.73. The van der Waals surface area contributed by atoms with Crippen LogP contribution in [0.15, 0.2) is 59.4 Å². The van der Waals surface area contributed by atoms with Crippen LogP contribution in [-0.2, 0) is 0 Å². The van der Waals surface area contributed by atoms with Gasteiger partial charge in [-0.15, -0.1) is 0 Å². The van der Waals surface area contributed by atoms with Crippen molar-refractivity contribution < 1.29 is 4.79 Å². The summed E-state index contributed by atoms with van der Waals surface area (Å²) in [6.07, 6.45) is 0. The lowest BCUT2D eigenvalue weighted by molar-refractivity contribution is 0.101. The normalized spacial score (nSPS) is 10.5. The highest BCUT2D eigenvalue weighted by Crippen LogP contribution is 2.20. The van der Waals surface area contributed by atoms with E-state index in [0.29, 0.717) is 27.1 Å². The minimum atomic E-state index is -0.618. The van der Waals surface area contributed by atoms with Crippen LogP contribution < -0.4 is 10.7 Å². The SMILES string of the molecule is Cc1cc(=O)c(C(=O)Nc2cccc(Cl)c2)nn1-c1ccccc1Cl. The lowest BCUT2D eigenvalue weighted by Gasteiger charge is -2.12. The van der Waals surface area contributed by atoms with Gasteiger partial charge in [0.25, 0.3) is 5.91 Å². The average Bonchev–Trinajstić information content (AvgIpc) is 2.56. The Bertz CT molecular complexity index is 1020. The molecule has 3 rings (SSSR count). The standard InChI is InChI=1S/C18H13Cl2N3O2/c1-11-9-16(24)17(18(25)21-13-6-4-5-12(19)10-13)22-23(11)15-8-3-2-7-14(15)20/h2-10H,1H3,(H,21,25). The van der Waals surface area contributed by atoms with Crippen LogP contribution in [-0.4, -0.2) is 15.7 Å². The van der Waals surface area contributed by atoms with Crippen molar-refractivity contribution in [3.8, 4) is 5.69 Å². The monoisotopic (exact) mass is 373 g/mol. The number of nitrogens with zero attached hydrogens (tertiary/aromatic N) is 2. The molecule has 1 aromatic heterocycles. The topological polar surface area (TPSA) is 64.0 Å². The van der Waals surface area contributed by atoms with Crippen molar-refractivity contribution in [2.75, 3.05) is 5.32 Å². The Balaban J connectivity index is 2.02. The van der Waals surface area contributed by atoms with Crippen LogP contribution in [0.1, 0.15) is 16.2 Å². The van der Waals surface area contributed by atoms with Gasteiger partial charge in [-0.05, 0) is 37.3 Å². The molecule has 0 aliphatic heterocycles. The fraction of sp³-hybridized carbons (Fsp3) is 0.0556. The van der Waals surface area contributed by atoms with E-state index in [1.807, 2.05) is 0 Å². The van der Waals surface area contributed by atoms with E-state index in [0.717, 1.165) is 0 Å². The highest BCUT2D eigenvalue weighted by molar-refractivity contribution is 6.32. The Morgan fingerprint density at radius 2 is 1.84 bits per heavy atom. The van der Waals surface area contributed by atoms with Crippen molar-refractivity contribution in [1.29, 1.82) is 0 Å². The first-order valence-electron chi connectivity index (χ1n) is 7.38. The quantitative estimate of drug-likeness (QED) is 0.751. The molecule has 1 heterocycles. The first-order chi connectivity index (χ1) is 12.0. The molecule has 0 saturated heterocycles. The predicted molar refractivity (Wildman–Crippen MR) is 99.0 cm³/mol. The van der Waals surface area contributed by atoms with Gasteiger partial charge in [0.1, 0.15) is 0 Å². The molecule has 5 nitrogen and oxygen atoms in total. The molecular weight excluding hydrogens is 361 g/mol. The van der Waals surface area contributed by atoms with E-state index < -0.39 is 11.3 Å². The van der Waals surface area contributed by atoms with Crippen LogP contribution in [0.4, 0.5) is 5.69 Å². The average molecular weight is 374 g/mol. The van der Waals surface area contributed by atoms with Crippen LogP contribution >= 0.6 is 23.2 Å². The summed E-state index contributed by atoms with van der Waals surface area (Å²) < 4.78 is 1.47. The lowest BCUT2D eigenvalue weighted by Crippen LogP contribution is -2.27. The third-order valence-electron chi connectivity index (χ3n) is 3.49. The van der Waals surface area contributed by atoms with Gasteiger partial charge in [-0.2, -0.15) is 5.10 Å². The molecule has 7 heteroatoms. The number of anilines is 1. The molecule has 2 aromatic carbocycles. The number of para-hydroxylation sites is 1. The lowest BCUT2D eigenvalue weighted by atomic mass is 10.2. The minimum absolute atomic E-state index is 0.231. The van der Waals surface area contributed by atoms with Gasteiger partial charge >= 0.3 is 0 Å². The number of hydrogen-bond donors (Lipinski definition) is 1. The highest BCUT2D eigenvalue weighted by Gasteiger charge is 2.16. The Labute approximate surface area is 153 Å². The van der Waals surface area contributed by atoms with E-state index >= 15 is 0 Å². The van der Waals surface area contributed by atoms with E-state index in [2.05, 4.69) is 10.4 Å². The number of carbonyl (C=O) groups is 1. The summed E-state index contributed by atoms with van der Waals surface area (Å²) >= 11 is 12.1. The summed E-state index contributed by atoms with van der Waals surface area (Å²) in [6.45, 7) is 1.72.